The number of aromatic nitrogens is 1. The molecule has 0 spiro atoms. The summed E-state index contributed by atoms with van der Waals surface area (Å²) in [5.74, 6) is -0.0509. The average molecular weight is 202 g/mol. The number of carbonyl (C=O) groups is 1. The van der Waals surface area contributed by atoms with Crippen LogP contribution in [0.1, 0.15) is 21.6 Å². The smallest absolute Gasteiger partial charge is 0.192 e. The molecule has 3 N–H and O–H groups in total. The third-order valence-electron chi connectivity index (χ3n) is 2.71. The molecule has 0 aliphatic rings. The second kappa shape index (κ2) is 3.51. The van der Waals surface area contributed by atoms with Crippen LogP contribution < -0.4 is 5.73 Å². The lowest BCUT2D eigenvalue weighted by atomic mass is 10.1. The van der Waals surface area contributed by atoms with E-state index in [0.717, 1.165) is 16.5 Å². The summed E-state index contributed by atoms with van der Waals surface area (Å²) >= 11 is 0. The van der Waals surface area contributed by atoms with Gasteiger partial charge in [0.15, 0.2) is 5.78 Å². The topological polar surface area (TPSA) is 58.9 Å². The molecule has 1 aromatic carbocycles. The number of ketones is 1. The highest BCUT2D eigenvalue weighted by Gasteiger charge is 2.10. The third-order valence-corrected chi connectivity index (χ3v) is 2.71. The molecule has 0 radical (unpaired) electrons. The van der Waals surface area contributed by atoms with Crippen LogP contribution in [0.25, 0.3) is 10.9 Å². The van der Waals surface area contributed by atoms with Crippen LogP contribution in [-0.2, 0) is 0 Å². The summed E-state index contributed by atoms with van der Waals surface area (Å²) in [6, 6.07) is 5.99. The van der Waals surface area contributed by atoms with Gasteiger partial charge < -0.3 is 10.7 Å². The summed E-state index contributed by atoms with van der Waals surface area (Å²) in [7, 11) is 0. The fourth-order valence-electron chi connectivity index (χ4n) is 1.76. The van der Waals surface area contributed by atoms with Crippen LogP contribution >= 0.6 is 0 Å². The number of nitrogens with one attached hydrogen (secondary N) is 1. The minimum absolute atomic E-state index is 0.0465. The van der Waals surface area contributed by atoms with E-state index < -0.39 is 0 Å². The van der Waals surface area contributed by atoms with Gasteiger partial charge in [-0.15, -0.1) is 0 Å². The predicted molar refractivity (Wildman–Crippen MR) is 61.2 cm³/mol. The fourth-order valence-corrected chi connectivity index (χ4v) is 1.76. The summed E-state index contributed by atoms with van der Waals surface area (Å²) in [4.78, 5) is 14.6. The summed E-state index contributed by atoms with van der Waals surface area (Å²) in [6.45, 7) is 4.10. The number of aromatic amines is 1. The first-order valence-corrected chi connectivity index (χ1v) is 4.95. The number of hydrogen-bond acceptors (Lipinski definition) is 2. The molecule has 15 heavy (non-hydrogen) atoms. The van der Waals surface area contributed by atoms with Gasteiger partial charge in [-0.25, -0.2) is 0 Å². The van der Waals surface area contributed by atoms with Crippen LogP contribution in [0.3, 0.4) is 0 Å². The Kier molecular flexibility index (Phi) is 2.32. The van der Waals surface area contributed by atoms with Gasteiger partial charge in [0, 0.05) is 10.9 Å². The number of rotatable bonds is 2. The average Bonchev–Trinajstić information content (AvgIpc) is 2.68. The largest absolute Gasteiger partial charge is 0.352 e. The fraction of sp³-hybridized carbons (Fsp3) is 0.250. The van der Waals surface area contributed by atoms with Gasteiger partial charge in [-0.05, 0) is 31.0 Å². The number of carbonyl (C=O) groups excluding carboxylic acids is 1. The number of Topliss-reactive ketones (excluding diaryl/α,β-unsaturated/α-hetero) is 1. The van der Waals surface area contributed by atoms with E-state index in [4.69, 9.17) is 5.73 Å². The van der Waals surface area contributed by atoms with E-state index in [0.29, 0.717) is 5.69 Å². The van der Waals surface area contributed by atoms with Crippen molar-refractivity contribution in [1.29, 1.82) is 0 Å². The first-order valence-electron chi connectivity index (χ1n) is 4.95. The molecule has 1 heterocycles. The number of aryl methyl sites for hydroxylation is 2. The van der Waals surface area contributed by atoms with Gasteiger partial charge in [0.1, 0.15) is 0 Å². The Labute approximate surface area is 88.3 Å². The van der Waals surface area contributed by atoms with Crippen molar-refractivity contribution in [2.45, 2.75) is 13.8 Å². The molecule has 3 heteroatoms. The van der Waals surface area contributed by atoms with Crippen molar-refractivity contribution in [2.24, 2.45) is 5.73 Å². The zero-order chi connectivity index (χ0) is 11.0. The Morgan fingerprint density at radius 3 is 2.60 bits per heavy atom. The molecule has 78 valence electrons. The highest BCUT2D eigenvalue weighted by Crippen LogP contribution is 2.22. The summed E-state index contributed by atoms with van der Waals surface area (Å²) in [6.07, 6.45) is 0. The van der Waals surface area contributed by atoms with E-state index in [1.54, 1.807) is 0 Å². The molecule has 0 amide bonds. The van der Waals surface area contributed by atoms with Crippen LogP contribution in [0.15, 0.2) is 18.2 Å². The van der Waals surface area contributed by atoms with Crippen molar-refractivity contribution < 1.29 is 4.79 Å². The minimum atomic E-state index is -0.0509. The molecule has 2 rings (SSSR count). The van der Waals surface area contributed by atoms with Crippen molar-refractivity contribution in [3.8, 4) is 0 Å². The molecule has 0 saturated carbocycles. The second-order valence-electron chi connectivity index (χ2n) is 3.80. The maximum Gasteiger partial charge on any atom is 0.192 e. The number of benzene rings is 1. The number of hydrogen-bond donors (Lipinski definition) is 2. The highest BCUT2D eigenvalue weighted by atomic mass is 16.1. The van der Waals surface area contributed by atoms with Crippen molar-refractivity contribution >= 4 is 16.7 Å². The van der Waals surface area contributed by atoms with E-state index in [1.165, 1.54) is 5.56 Å². The maximum atomic E-state index is 11.4. The van der Waals surface area contributed by atoms with Crippen molar-refractivity contribution in [3.05, 3.63) is 35.0 Å². The summed E-state index contributed by atoms with van der Waals surface area (Å²) in [5, 5.41) is 1.10. The Balaban J connectivity index is 2.70. The SMILES string of the molecule is Cc1ccc(C)c2[nH]c(C(=O)CN)cc12. The molecule has 0 unspecified atom stereocenters. The van der Waals surface area contributed by atoms with Crippen LogP contribution in [0, 0.1) is 13.8 Å². The lowest BCUT2D eigenvalue weighted by Gasteiger charge is -1.98. The zero-order valence-electron chi connectivity index (χ0n) is 8.92. The van der Waals surface area contributed by atoms with Gasteiger partial charge in [-0.2, -0.15) is 0 Å². The Bertz CT molecular complexity index is 487. The number of fused-ring (bicyclic) bond motifs is 1. The van der Waals surface area contributed by atoms with Gasteiger partial charge in [-0.3, -0.25) is 4.79 Å². The summed E-state index contributed by atoms with van der Waals surface area (Å²) in [5.41, 5.74) is 9.28. The van der Waals surface area contributed by atoms with E-state index in [1.807, 2.05) is 26.0 Å². The molecule has 0 aliphatic heterocycles. The van der Waals surface area contributed by atoms with Crippen molar-refractivity contribution in [1.82, 2.24) is 4.98 Å². The Hall–Kier alpha value is -1.61. The summed E-state index contributed by atoms with van der Waals surface area (Å²) < 4.78 is 0. The lowest BCUT2D eigenvalue weighted by Crippen LogP contribution is -2.13. The number of H-pyrrole nitrogens is 1. The molecule has 1 aromatic heterocycles. The van der Waals surface area contributed by atoms with Gasteiger partial charge in [0.25, 0.3) is 0 Å². The molecule has 0 atom stereocenters. The first kappa shape index (κ1) is 9.93. The quantitative estimate of drug-likeness (QED) is 0.731. The molecular weight excluding hydrogens is 188 g/mol. The Morgan fingerprint density at radius 1 is 1.33 bits per heavy atom. The highest BCUT2D eigenvalue weighted by molar-refractivity contribution is 6.01. The van der Waals surface area contributed by atoms with E-state index in [9.17, 15) is 4.79 Å². The van der Waals surface area contributed by atoms with Crippen molar-refractivity contribution in [2.75, 3.05) is 6.54 Å². The molecule has 0 aliphatic carbocycles. The normalized spacial score (nSPS) is 10.9. The van der Waals surface area contributed by atoms with E-state index in [-0.39, 0.29) is 12.3 Å². The predicted octanol–water partition coefficient (Wildman–Crippen LogP) is 1.93. The minimum Gasteiger partial charge on any atom is -0.352 e. The van der Waals surface area contributed by atoms with Crippen LogP contribution in [0.2, 0.25) is 0 Å². The molecular formula is C12H14N2O. The molecule has 0 fully saturated rings. The van der Waals surface area contributed by atoms with E-state index in [2.05, 4.69) is 11.1 Å². The zero-order valence-corrected chi connectivity index (χ0v) is 8.92. The van der Waals surface area contributed by atoms with Gasteiger partial charge >= 0.3 is 0 Å². The molecule has 0 bridgehead atoms. The maximum absolute atomic E-state index is 11.4. The number of nitrogens with two attached hydrogens (primary N) is 1. The van der Waals surface area contributed by atoms with E-state index >= 15 is 0 Å². The van der Waals surface area contributed by atoms with Crippen LogP contribution in [0.5, 0.6) is 0 Å². The van der Waals surface area contributed by atoms with Crippen LogP contribution in [-0.4, -0.2) is 17.3 Å². The Morgan fingerprint density at radius 2 is 2.00 bits per heavy atom. The van der Waals surface area contributed by atoms with Gasteiger partial charge in [-0.1, -0.05) is 12.1 Å². The monoisotopic (exact) mass is 202 g/mol. The van der Waals surface area contributed by atoms with Gasteiger partial charge in [0.2, 0.25) is 0 Å². The lowest BCUT2D eigenvalue weighted by molar-refractivity contribution is 0.0997. The second-order valence-corrected chi connectivity index (χ2v) is 3.80. The molecule has 0 saturated heterocycles. The van der Waals surface area contributed by atoms with Gasteiger partial charge in [0.05, 0.1) is 12.2 Å². The molecule has 3 nitrogen and oxygen atoms in total. The van der Waals surface area contributed by atoms with Crippen molar-refractivity contribution in [3.63, 3.8) is 0 Å². The standard InChI is InChI=1S/C12H14N2O/c1-7-3-4-8(2)12-9(7)5-10(14-12)11(15)6-13/h3-5,14H,6,13H2,1-2H3. The first-order chi connectivity index (χ1) is 7.13. The van der Waals surface area contributed by atoms with Crippen LogP contribution in [0.4, 0.5) is 0 Å². The molecule has 2 aromatic rings. The third kappa shape index (κ3) is 1.55.